The van der Waals surface area contributed by atoms with Crippen LogP contribution in [0.2, 0.25) is 0 Å². The highest BCUT2D eigenvalue weighted by atomic mass is 32.2. The van der Waals surface area contributed by atoms with Crippen molar-refractivity contribution < 1.29 is 18.0 Å². The van der Waals surface area contributed by atoms with Crippen LogP contribution in [-0.2, 0) is 21.4 Å². The van der Waals surface area contributed by atoms with Crippen molar-refractivity contribution in [2.24, 2.45) is 0 Å². The lowest BCUT2D eigenvalue weighted by Gasteiger charge is -2.34. The van der Waals surface area contributed by atoms with Gasteiger partial charge in [0.1, 0.15) is 0 Å². The second-order valence-corrected chi connectivity index (χ2v) is 9.68. The van der Waals surface area contributed by atoms with Crippen molar-refractivity contribution in [1.29, 1.82) is 5.26 Å². The minimum absolute atomic E-state index is 0.128. The number of urea groups is 1. The van der Waals surface area contributed by atoms with Gasteiger partial charge < -0.3 is 15.1 Å². The molecule has 33 heavy (non-hydrogen) atoms. The summed E-state index contributed by atoms with van der Waals surface area (Å²) in [6, 6.07) is 17.1. The Morgan fingerprint density at radius 3 is 2.27 bits per heavy atom. The number of nitriles is 1. The molecule has 1 fully saturated rings. The molecule has 1 aliphatic rings. The van der Waals surface area contributed by atoms with Crippen LogP contribution in [-0.4, -0.2) is 74.2 Å². The van der Waals surface area contributed by atoms with Crippen LogP contribution in [0.15, 0.2) is 59.5 Å². The Morgan fingerprint density at radius 1 is 1.03 bits per heavy atom. The molecular weight excluding hydrogens is 442 g/mol. The number of sulfonamides is 1. The minimum atomic E-state index is -3.68. The molecule has 2 aromatic carbocycles. The molecule has 9 nitrogen and oxygen atoms in total. The second kappa shape index (κ2) is 10.9. The fourth-order valence-electron chi connectivity index (χ4n) is 3.53. The van der Waals surface area contributed by atoms with E-state index in [2.05, 4.69) is 5.32 Å². The van der Waals surface area contributed by atoms with Crippen molar-refractivity contribution in [3.63, 3.8) is 0 Å². The molecule has 0 aromatic heterocycles. The van der Waals surface area contributed by atoms with Crippen LogP contribution in [0.3, 0.4) is 0 Å². The minimum Gasteiger partial charge on any atom is -0.340 e. The number of rotatable bonds is 7. The highest BCUT2D eigenvalue weighted by molar-refractivity contribution is 7.89. The Kier molecular flexibility index (Phi) is 8.03. The van der Waals surface area contributed by atoms with Gasteiger partial charge in [-0.3, -0.25) is 4.79 Å². The summed E-state index contributed by atoms with van der Waals surface area (Å²) in [5.74, 6) is -0.128. The van der Waals surface area contributed by atoms with E-state index in [1.54, 1.807) is 16.8 Å². The quantitative estimate of drug-likeness (QED) is 0.662. The van der Waals surface area contributed by atoms with Gasteiger partial charge in [-0.25, -0.2) is 13.2 Å². The van der Waals surface area contributed by atoms with Crippen molar-refractivity contribution >= 4 is 22.0 Å². The van der Waals surface area contributed by atoms with Gasteiger partial charge in [0, 0.05) is 52.7 Å². The average Bonchev–Trinajstić information content (AvgIpc) is 2.84. The topological polar surface area (TPSA) is 114 Å². The molecule has 0 aliphatic carbocycles. The average molecular weight is 470 g/mol. The molecule has 2 aromatic rings. The number of carbonyl (C=O) groups is 2. The highest BCUT2D eigenvalue weighted by Gasteiger charge is 2.30. The first-order chi connectivity index (χ1) is 15.8. The molecule has 3 amide bonds. The number of amides is 3. The molecule has 1 saturated heterocycles. The lowest BCUT2D eigenvalue weighted by molar-refractivity contribution is -0.132. The van der Waals surface area contributed by atoms with Crippen molar-refractivity contribution in [2.75, 3.05) is 39.8 Å². The molecule has 0 unspecified atom stereocenters. The third-order valence-corrected chi connectivity index (χ3v) is 7.35. The Bertz CT molecular complexity index is 1110. The van der Waals surface area contributed by atoms with Crippen molar-refractivity contribution in [1.82, 2.24) is 19.4 Å². The molecule has 0 radical (unpaired) electrons. The largest absolute Gasteiger partial charge is 0.340 e. The Morgan fingerprint density at radius 2 is 1.67 bits per heavy atom. The van der Waals surface area contributed by atoms with Crippen molar-refractivity contribution in [3.05, 3.63) is 65.7 Å². The standard InChI is InChI=1S/C23H27N5O4S/c1-26(18-20-5-3-2-4-6-20)23(30)25-12-11-22(29)27-13-15-28(16-14-27)33(31,32)21-9-7-19(17-24)8-10-21/h2-10H,11-16,18H2,1H3,(H,25,30). The van der Waals surface area contributed by atoms with E-state index in [4.69, 9.17) is 5.26 Å². The molecule has 0 spiro atoms. The van der Waals surface area contributed by atoms with Gasteiger partial charge in [-0.1, -0.05) is 30.3 Å². The number of nitrogens with one attached hydrogen (secondary N) is 1. The van der Waals surface area contributed by atoms with E-state index in [0.717, 1.165) is 5.56 Å². The summed E-state index contributed by atoms with van der Waals surface area (Å²) in [5.41, 5.74) is 1.41. The molecule has 3 rings (SSSR count). The monoisotopic (exact) mass is 469 g/mol. The molecule has 0 saturated carbocycles. The summed E-state index contributed by atoms with van der Waals surface area (Å²) >= 11 is 0. The zero-order valence-corrected chi connectivity index (χ0v) is 19.3. The van der Waals surface area contributed by atoms with Gasteiger partial charge in [0.05, 0.1) is 16.5 Å². The van der Waals surface area contributed by atoms with Gasteiger partial charge in [-0.2, -0.15) is 9.57 Å². The van der Waals surface area contributed by atoms with E-state index < -0.39 is 10.0 Å². The lowest BCUT2D eigenvalue weighted by Crippen LogP contribution is -2.51. The predicted molar refractivity (Wildman–Crippen MR) is 122 cm³/mol. The molecule has 10 heteroatoms. The fourth-order valence-corrected chi connectivity index (χ4v) is 4.95. The third kappa shape index (κ3) is 6.31. The SMILES string of the molecule is CN(Cc1ccccc1)C(=O)NCCC(=O)N1CCN(S(=O)(=O)c2ccc(C#N)cc2)CC1. The van der Waals surface area contributed by atoms with Crippen molar-refractivity contribution in [2.45, 2.75) is 17.9 Å². The second-order valence-electron chi connectivity index (χ2n) is 7.74. The predicted octanol–water partition coefficient (Wildman–Crippen LogP) is 1.62. The zero-order chi connectivity index (χ0) is 23.8. The van der Waals surface area contributed by atoms with Crippen LogP contribution in [0.4, 0.5) is 4.79 Å². The summed E-state index contributed by atoms with van der Waals surface area (Å²) in [4.78, 5) is 28.0. The maximum atomic E-state index is 12.8. The van der Waals surface area contributed by atoms with Gasteiger partial charge >= 0.3 is 6.03 Å². The van der Waals surface area contributed by atoms with Crippen LogP contribution in [0.1, 0.15) is 17.5 Å². The van der Waals surface area contributed by atoms with E-state index >= 15 is 0 Å². The number of benzene rings is 2. The summed E-state index contributed by atoms with van der Waals surface area (Å²) in [6.45, 7) is 1.64. The van der Waals surface area contributed by atoms with Gasteiger partial charge in [0.25, 0.3) is 0 Å². The van der Waals surface area contributed by atoms with Crippen LogP contribution in [0.25, 0.3) is 0 Å². The first-order valence-corrected chi connectivity index (χ1v) is 12.1. The number of nitrogens with zero attached hydrogens (tertiary/aromatic N) is 4. The zero-order valence-electron chi connectivity index (χ0n) is 18.5. The smallest absolute Gasteiger partial charge is 0.317 e. The van der Waals surface area contributed by atoms with Gasteiger partial charge in [-0.05, 0) is 29.8 Å². The molecular formula is C23H27N5O4S. The van der Waals surface area contributed by atoms with E-state index in [1.165, 1.54) is 28.6 Å². The summed E-state index contributed by atoms with van der Waals surface area (Å²) < 4.78 is 26.9. The summed E-state index contributed by atoms with van der Waals surface area (Å²) in [6.07, 6.45) is 0.146. The fraction of sp³-hybridized carbons (Fsp3) is 0.348. The molecule has 1 aliphatic heterocycles. The van der Waals surface area contributed by atoms with Gasteiger partial charge in [0.15, 0.2) is 0 Å². The van der Waals surface area contributed by atoms with Crippen LogP contribution in [0, 0.1) is 11.3 Å². The molecule has 174 valence electrons. The maximum Gasteiger partial charge on any atom is 0.317 e. The van der Waals surface area contributed by atoms with E-state index in [-0.39, 0.29) is 56.0 Å². The van der Waals surface area contributed by atoms with Gasteiger partial charge in [-0.15, -0.1) is 0 Å². The highest BCUT2D eigenvalue weighted by Crippen LogP contribution is 2.18. The maximum absolute atomic E-state index is 12.8. The Hall–Kier alpha value is -3.42. The van der Waals surface area contributed by atoms with E-state index in [0.29, 0.717) is 12.1 Å². The van der Waals surface area contributed by atoms with Crippen LogP contribution < -0.4 is 5.32 Å². The van der Waals surface area contributed by atoms with Crippen LogP contribution in [0.5, 0.6) is 0 Å². The molecule has 1 N–H and O–H groups in total. The summed E-state index contributed by atoms with van der Waals surface area (Å²) in [7, 11) is -1.98. The number of carbonyl (C=O) groups excluding carboxylic acids is 2. The first kappa shape index (κ1) is 24.2. The molecule has 0 atom stereocenters. The van der Waals surface area contributed by atoms with Crippen LogP contribution >= 0.6 is 0 Å². The number of piperazine rings is 1. The Balaban J connectivity index is 1.42. The van der Waals surface area contributed by atoms with Gasteiger partial charge in [0.2, 0.25) is 15.9 Å². The molecule has 1 heterocycles. The normalized spacial score (nSPS) is 14.4. The van der Waals surface area contributed by atoms with Crippen molar-refractivity contribution in [3.8, 4) is 6.07 Å². The molecule has 0 bridgehead atoms. The van der Waals surface area contributed by atoms with E-state index in [1.807, 2.05) is 36.4 Å². The number of hydrogen-bond donors (Lipinski definition) is 1. The summed E-state index contributed by atoms with van der Waals surface area (Å²) in [5, 5.41) is 11.6. The van der Waals surface area contributed by atoms with E-state index in [9.17, 15) is 18.0 Å². The first-order valence-electron chi connectivity index (χ1n) is 10.6. The third-order valence-electron chi connectivity index (χ3n) is 5.44. The number of hydrogen-bond acceptors (Lipinski definition) is 5. The lowest BCUT2D eigenvalue weighted by atomic mass is 10.2. The Labute approximate surface area is 194 Å².